The number of carbonyl (C=O) groups is 1. The second kappa shape index (κ2) is 6.26. The van der Waals surface area contributed by atoms with E-state index in [0.29, 0.717) is 5.56 Å². The Morgan fingerprint density at radius 3 is 2.63 bits per heavy atom. The maximum atomic E-state index is 10.7. The predicted octanol–water partition coefficient (Wildman–Crippen LogP) is 0.434. The molecule has 1 amide bonds. The van der Waals surface area contributed by atoms with E-state index in [0.717, 1.165) is 0 Å². The molecule has 0 radical (unpaired) electrons. The van der Waals surface area contributed by atoms with Crippen LogP contribution < -0.4 is 5.32 Å². The number of aliphatic hydroxyl groups is 2. The number of hydrogen-bond acceptors (Lipinski definition) is 5. The number of nitro groups is 1. The summed E-state index contributed by atoms with van der Waals surface area (Å²) in [5.74, 6) is -0.331. The topological polar surface area (TPSA) is 113 Å². The van der Waals surface area contributed by atoms with Crippen LogP contribution in [0.1, 0.15) is 24.2 Å². The summed E-state index contributed by atoms with van der Waals surface area (Å²) < 4.78 is 0. The van der Waals surface area contributed by atoms with Gasteiger partial charge < -0.3 is 15.5 Å². The van der Waals surface area contributed by atoms with Gasteiger partial charge >= 0.3 is 0 Å². The molecule has 0 heterocycles. The Labute approximate surface area is 110 Å². The SMILES string of the molecule is CC(=O)NCC(O)C(O)c1cc([N+](=O)[O-])ccc1C. The second-order valence-electron chi connectivity index (χ2n) is 4.25. The number of aliphatic hydroxyl groups excluding tert-OH is 2. The molecule has 1 aromatic carbocycles. The van der Waals surface area contributed by atoms with Gasteiger partial charge in [0, 0.05) is 25.6 Å². The van der Waals surface area contributed by atoms with Crippen LogP contribution in [-0.4, -0.2) is 33.7 Å². The van der Waals surface area contributed by atoms with E-state index in [1.165, 1.54) is 25.1 Å². The monoisotopic (exact) mass is 268 g/mol. The Hall–Kier alpha value is -1.99. The summed E-state index contributed by atoms with van der Waals surface area (Å²) >= 11 is 0. The number of nitrogens with one attached hydrogen (secondary N) is 1. The average Bonchev–Trinajstić information content (AvgIpc) is 2.35. The zero-order chi connectivity index (χ0) is 14.6. The molecule has 0 aliphatic heterocycles. The van der Waals surface area contributed by atoms with Crippen LogP contribution in [0.5, 0.6) is 0 Å². The van der Waals surface area contributed by atoms with Gasteiger partial charge in [-0.15, -0.1) is 0 Å². The summed E-state index contributed by atoms with van der Waals surface area (Å²) in [6.07, 6.45) is -2.53. The molecule has 104 valence electrons. The van der Waals surface area contributed by atoms with Gasteiger partial charge in [-0.1, -0.05) is 6.07 Å². The average molecular weight is 268 g/mol. The van der Waals surface area contributed by atoms with E-state index < -0.39 is 17.1 Å². The summed E-state index contributed by atoms with van der Waals surface area (Å²) in [6.45, 7) is 2.84. The van der Waals surface area contributed by atoms with E-state index in [1.54, 1.807) is 6.92 Å². The summed E-state index contributed by atoms with van der Waals surface area (Å²) in [5.41, 5.74) is 0.735. The predicted molar refractivity (Wildman–Crippen MR) is 67.5 cm³/mol. The van der Waals surface area contributed by atoms with E-state index >= 15 is 0 Å². The van der Waals surface area contributed by atoms with E-state index in [2.05, 4.69) is 5.32 Å². The largest absolute Gasteiger partial charge is 0.388 e. The summed E-state index contributed by atoms with van der Waals surface area (Å²) in [5, 5.41) is 32.8. The van der Waals surface area contributed by atoms with Crippen molar-refractivity contribution in [3.05, 3.63) is 39.4 Å². The molecule has 0 aliphatic rings. The van der Waals surface area contributed by atoms with Gasteiger partial charge in [0.2, 0.25) is 5.91 Å². The van der Waals surface area contributed by atoms with Crippen LogP contribution in [0.25, 0.3) is 0 Å². The lowest BCUT2D eigenvalue weighted by molar-refractivity contribution is -0.385. The number of amides is 1. The third-order valence-electron chi connectivity index (χ3n) is 2.72. The van der Waals surface area contributed by atoms with Gasteiger partial charge in [-0.2, -0.15) is 0 Å². The molecule has 2 unspecified atom stereocenters. The molecule has 0 aliphatic carbocycles. The molecule has 7 nitrogen and oxygen atoms in total. The fourth-order valence-corrected chi connectivity index (χ4v) is 1.63. The Balaban J connectivity index is 2.91. The van der Waals surface area contributed by atoms with Crippen molar-refractivity contribution in [1.29, 1.82) is 0 Å². The number of rotatable bonds is 5. The third kappa shape index (κ3) is 4.01. The van der Waals surface area contributed by atoms with Crippen LogP contribution in [0, 0.1) is 17.0 Å². The molecule has 0 spiro atoms. The summed E-state index contributed by atoms with van der Waals surface area (Å²) in [7, 11) is 0. The Morgan fingerprint density at radius 2 is 2.11 bits per heavy atom. The van der Waals surface area contributed by atoms with Gasteiger partial charge in [-0.05, 0) is 18.1 Å². The highest BCUT2D eigenvalue weighted by Gasteiger charge is 2.22. The van der Waals surface area contributed by atoms with Crippen molar-refractivity contribution >= 4 is 11.6 Å². The highest BCUT2D eigenvalue weighted by Crippen LogP contribution is 2.25. The molecular formula is C12H16N2O5. The molecular weight excluding hydrogens is 252 g/mol. The first kappa shape index (κ1) is 15.1. The van der Waals surface area contributed by atoms with Gasteiger partial charge in [-0.3, -0.25) is 14.9 Å². The van der Waals surface area contributed by atoms with Crippen molar-refractivity contribution < 1.29 is 19.9 Å². The molecule has 1 rings (SSSR count). The second-order valence-corrected chi connectivity index (χ2v) is 4.25. The highest BCUT2D eigenvalue weighted by molar-refractivity contribution is 5.72. The first-order valence-corrected chi connectivity index (χ1v) is 5.68. The first-order valence-electron chi connectivity index (χ1n) is 5.68. The third-order valence-corrected chi connectivity index (χ3v) is 2.72. The molecule has 0 aromatic heterocycles. The van der Waals surface area contributed by atoms with Crippen molar-refractivity contribution in [1.82, 2.24) is 5.32 Å². The quantitative estimate of drug-likeness (QED) is 0.529. The number of nitrogens with zero attached hydrogens (tertiary/aromatic N) is 1. The number of hydrogen-bond donors (Lipinski definition) is 3. The number of carbonyl (C=O) groups excluding carboxylic acids is 1. The van der Waals surface area contributed by atoms with E-state index in [4.69, 9.17) is 0 Å². The normalized spacial score (nSPS) is 13.7. The van der Waals surface area contributed by atoms with E-state index in [-0.39, 0.29) is 23.7 Å². The highest BCUT2D eigenvalue weighted by atomic mass is 16.6. The lowest BCUT2D eigenvalue weighted by Gasteiger charge is -2.19. The van der Waals surface area contributed by atoms with Gasteiger partial charge in [0.25, 0.3) is 5.69 Å². The zero-order valence-corrected chi connectivity index (χ0v) is 10.7. The Kier molecular flexibility index (Phi) is 4.96. The van der Waals surface area contributed by atoms with Crippen LogP contribution in [0.15, 0.2) is 18.2 Å². The van der Waals surface area contributed by atoms with Crippen molar-refractivity contribution in [2.45, 2.75) is 26.1 Å². The van der Waals surface area contributed by atoms with E-state index in [1.807, 2.05) is 0 Å². The van der Waals surface area contributed by atoms with Gasteiger partial charge in [-0.25, -0.2) is 0 Å². The first-order chi connectivity index (χ1) is 8.82. The smallest absolute Gasteiger partial charge is 0.269 e. The van der Waals surface area contributed by atoms with Crippen molar-refractivity contribution in [2.75, 3.05) is 6.54 Å². The van der Waals surface area contributed by atoms with Crippen molar-refractivity contribution in [2.24, 2.45) is 0 Å². The molecule has 3 N–H and O–H groups in total. The van der Waals surface area contributed by atoms with Crippen LogP contribution in [0.3, 0.4) is 0 Å². The van der Waals surface area contributed by atoms with Crippen LogP contribution >= 0.6 is 0 Å². The maximum absolute atomic E-state index is 10.7. The molecule has 1 aromatic rings. The van der Waals surface area contributed by atoms with Gasteiger partial charge in [0.05, 0.1) is 4.92 Å². The van der Waals surface area contributed by atoms with Crippen molar-refractivity contribution in [3.63, 3.8) is 0 Å². The maximum Gasteiger partial charge on any atom is 0.269 e. The molecule has 0 saturated carbocycles. The minimum absolute atomic E-state index is 0.126. The van der Waals surface area contributed by atoms with Crippen LogP contribution in [-0.2, 0) is 4.79 Å². The number of aryl methyl sites for hydroxylation is 1. The molecule has 0 fully saturated rings. The van der Waals surface area contributed by atoms with Crippen molar-refractivity contribution in [3.8, 4) is 0 Å². The number of benzene rings is 1. The molecule has 2 atom stereocenters. The zero-order valence-electron chi connectivity index (χ0n) is 10.7. The summed E-state index contributed by atoms with van der Waals surface area (Å²) in [4.78, 5) is 20.8. The molecule has 0 saturated heterocycles. The van der Waals surface area contributed by atoms with Gasteiger partial charge in [0.15, 0.2) is 0 Å². The number of nitro benzene ring substituents is 1. The summed E-state index contributed by atoms with van der Waals surface area (Å²) in [6, 6.07) is 4.05. The minimum Gasteiger partial charge on any atom is -0.388 e. The molecule has 0 bridgehead atoms. The Bertz CT molecular complexity index is 489. The van der Waals surface area contributed by atoms with Crippen LogP contribution in [0.4, 0.5) is 5.69 Å². The molecule has 19 heavy (non-hydrogen) atoms. The van der Waals surface area contributed by atoms with Crippen LogP contribution in [0.2, 0.25) is 0 Å². The lowest BCUT2D eigenvalue weighted by Crippen LogP contribution is -2.34. The lowest BCUT2D eigenvalue weighted by atomic mass is 9.98. The van der Waals surface area contributed by atoms with E-state index in [9.17, 15) is 25.1 Å². The fourth-order valence-electron chi connectivity index (χ4n) is 1.63. The minimum atomic E-state index is -1.30. The number of non-ortho nitro benzene ring substituents is 1. The standard InChI is InChI=1S/C12H16N2O5/c1-7-3-4-9(14(18)19)5-10(7)12(17)11(16)6-13-8(2)15/h3-5,11-12,16-17H,6H2,1-2H3,(H,13,15). The fraction of sp³-hybridized carbons (Fsp3) is 0.417. The van der Waals surface area contributed by atoms with Gasteiger partial charge in [0.1, 0.15) is 12.2 Å². The Morgan fingerprint density at radius 1 is 1.47 bits per heavy atom. The molecule has 7 heteroatoms.